The van der Waals surface area contributed by atoms with Gasteiger partial charge in [-0.25, -0.2) is 4.39 Å². The molecule has 0 aromatic heterocycles. The van der Waals surface area contributed by atoms with Crippen molar-refractivity contribution in [2.45, 2.75) is 26.9 Å². The summed E-state index contributed by atoms with van der Waals surface area (Å²) < 4.78 is 19.2. The van der Waals surface area contributed by atoms with Crippen LogP contribution in [-0.2, 0) is 13.0 Å². The Bertz CT molecular complexity index is 641. The van der Waals surface area contributed by atoms with Crippen LogP contribution in [0.3, 0.4) is 0 Å². The number of nitriles is 1. The lowest BCUT2D eigenvalue weighted by atomic mass is 10.0. The first-order valence-electron chi connectivity index (χ1n) is 6.98. The number of halogens is 1. The minimum atomic E-state index is -0.239. The molecule has 0 spiro atoms. The maximum absolute atomic E-state index is 13.4. The van der Waals surface area contributed by atoms with Crippen LogP contribution in [0.2, 0.25) is 0 Å². The van der Waals surface area contributed by atoms with Gasteiger partial charge < -0.3 is 4.74 Å². The Morgan fingerprint density at radius 3 is 2.48 bits per heavy atom. The molecule has 108 valence electrons. The van der Waals surface area contributed by atoms with Crippen molar-refractivity contribution >= 4 is 0 Å². The highest BCUT2D eigenvalue weighted by Crippen LogP contribution is 2.24. The van der Waals surface area contributed by atoms with Gasteiger partial charge in [0, 0.05) is 0 Å². The van der Waals surface area contributed by atoms with Crippen molar-refractivity contribution in [3.8, 4) is 11.8 Å². The quantitative estimate of drug-likeness (QED) is 0.810. The Kier molecular flexibility index (Phi) is 4.94. The largest absolute Gasteiger partial charge is 0.489 e. The van der Waals surface area contributed by atoms with Crippen molar-refractivity contribution in [2.75, 3.05) is 0 Å². The number of benzene rings is 2. The first-order chi connectivity index (χ1) is 10.1. The summed E-state index contributed by atoms with van der Waals surface area (Å²) in [6.07, 6.45) is 0.778. The molecule has 0 fully saturated rings. The zero-order chi connectivity index (χ0) is 15.2. The van der Waals surface area contributed by atoms with Crippen molar-refractivity contribution in [3.63, 3.8) is 0 Å². The Hall–Kier alpha value is -2.34. The second-order valence-corrected chi connectivity index (χ2v) is 5.45. The average Bonchev–Trinajstić information content (AvgIpc) is 2.46. The van der Waals surface area contributed by atoms with E-state index < -0.39 is 0 Å². The van der Waals surface area contributed by atoms with E-state index in [4.69, 9.17) is 10.00 Å². The van der Waals surface area contributed by atoms with Crippen LogP contribution in [-0.4, -0.2) is 0 Å². The summed E-state index contributed by atoms with van der Waals surface area (Å²) in [5.41, 5.74) is 2.49. The van der Waals surface area contributed by atoms with Gasteiger partial charge in [0.2, 0.25) is 0 Å². The van der Waals surface area contributed by atoms with Crippen LogP contribution in [0.1, 0.15) is 30.5 Å². The van der Waals surface area contributed by atoms with E-state index in [1.807, 2.05) is 12.1 Å². The second kappa shape index (κ2) is 6.90. The highest BCUT2D eigenvalue weighted by molar-refractivity contribution is 5.35. The molecule has 0 N–H and O–H groups in total. The van der Waals surface area contributed by atoms with Gasteiger partial charge in [-0.2, -0.15) is 5.26 Å². The Labute approximate surface area is 124 Å². The molecular formula is C18H18FNO. The van der Waals surface area contributed by atoms with Crippen LogP contribution in [0.5, 0.6) is 5.75 Å². The Balaban J connectivity index is 2.10. The summed E-state index contributed by atoms with van der Waals surface area (Å²) in [5, 5.41) is 8.77. The summed E-state index contributed by atoms with van der Waals surface area (Å²) in [5.74, 6) is 0.912. The first kappa shape index (κ1) is 15.1. The third-order valence-corrected chi connectivity index (χ3v) is 3.13. The van der Waals surface area contributed by atoms with Gasteiger partial charge in [0.05, 0.1) is 11.6 Å². The molecule has 2 nitrogen and oxygen atoms in total. The third kappa shape index (κ3) is 4.32. The lowest BCUT2D eigenvalue weighted by Crippen LogP contribution is -2.02. The SMILES string of the molecule is CC(C)Cc1cc(F)ccc1OCc1ccc(C#N)cc1. The van der Waals surface area contributed by atoms with Crippen LogP contribution in [0.25, 0.3) is 0 Å². The molecule has 0 aliphatic carbocycles. The molecule has 21 heavy (non-hydrogen) atoms. The maximum Gasteiger partial charge on any atom is 0.123 e. The molecule has 0 radical (unpaired) electrons. The van der Waals surface area contributed by atoms with Gasteiger partial charge in [-0.3, -0.25) is 0 Å². The van der Waals surface area contributed by atoms with E-state index >= 15 is 0 Å². The van der Waals surface area contributed by atoms with Crippen molar-refractivity contribution in [3.05, 3.63) is 65.0 Å². The van der Waals surface area contributed by atoms with Gasteiger partial charge >= 0.3 is 0 Å². The summed E-state index contributed by atoms with van der Waals surface area (Å²) >= 11 is 0. The van der Waals surface area contributed by atoms with Gasteiger partial charge in [-0.1, -0.05) is 26.0 Å². The smallest absolute Gasteiger partial charge is 0.123 e. The van der Waals surface area contributed by atoms with Crippen LogP contribution >= 0.6 is 0 Å². The van der Waals surface area contributed by atoms with Crippen molar-refractivity contribution in [1.29, 1.82) is 5.26 Å². The summed E-state index contributed by atoms with van der Waals surface area (Å²) in [6.45, 7) is 4.59. The van der Waals surface area contributed by atoms with Crippen molar-refractivity contribution in [2.24, 2.45) is 5.92 Å². The maximum atomic E-state index is 13.4. The summed E-state index contributed by atoms with van der Waals surface area (Å²) in [7, 11) is 0. The van der Waals surface area contributed by atoms with Gasteiger partial charge in [-0.15, -0.1) is 0 Å². The molecule has 0 unspecified atom stereocenters. The lowest BCUT2D eigenvalue weighted by molar-refractivity contribution is 0.301. The monoisotopic (exact) mass is 283 g/mol. The predicted molar refractivity (Wildman–Crippen MR) is 80.4 cm³/mol. The van der Waals surface area contributed by atoms with Gasteiger partial charge in [-0.05, 0) is 53.8 Å². The Morgan fingerprint density at radius 2 is 1.86 bits per heavy atom. The van der Waals surface area contributed by atoms with E-state index in [2.05, 4.69) is 19.9 Å². The molecule has 2 aromatic carbocycles. The zero-order valence-corrected chi connectivity index (χ0v) is 12.3. The fourth-order valence-electron chi connectivity index (χ4n) is 2.12. The molecule has 0 atom stereocenters. The molecule has 0 aliphatic heterocycles. The van der Waals surface area contributed by atoms with E-state index in [0.29, 0.717) is 18.1 Å². The lowest BCUT2D eigenvalue weighted by Gasteiger charge is -2.13. The topological polar surface area (TPSA) is 33.0 Å². The molecule has 0 heterocycles. The zero-order valence-electron chi connectivity index (χ0n) is 12.3. The van der Waals surface area contributed by atoms with Crippen molar-refractivity contribution in [1.82, 2.24) is 0 Å². The minimum Gasteiger partial charge on any atom is -0.489 e. The molecular weight excluding hydrogens is 265 g/mol. The number of ether oxygens (including phenoxy) is 1. The summed E-state index contributed by atoms with van der Waals surface area (Å²) in [4.78, 5) is 0. The van der Waals surface area contributed by atoms with Crippen LogP contribution in [0.15, 0.2) is 42.5 Å². The average molecular weight is 283 g/mol. The van der Waals surface area contributed by atoms with Crippen LogP contribution in [0, 0.1) is 23.1 Å². The fourth-order valence-corrected chi connectivity index (χ4v) is 2.12. The highest BCUT2D eigenvalue weighted by Gasteiger charge is 2.08. The molecule has 2 rings (SSSR count). The normalized spacial score (nSPS) is 10.4. The third-order valence-electron chi connectivity index (χ3n) is 3.13. The second-order valence-electron chi connectivity index (χ2n) is 5.45. The van der Waals surface area contributed by atoms with Crippen LogP contribution < -0.4 is 4.74 Å². The molecule has 0 aliphatic rings. The van der Waals surface area contributed by atoms with E-state index in [1.54, 1.807) is 18.2 Å². The fraction of sp³-hybridized carbons (Fsp3) is 0.278. The van der Waals surface area contributed by atoms with Crippen molar-refractivity contribution < 1.29 is 9.13 Å². The number of hydrogen-bond acceptors (Lipinski definition) is 2. The van der Waals surface area contributed by atoms with E-state index in [9.17, 15) is 4.39 Å². The molecule has 2 aromatic rings. The first-order valence-corrected chi connectivity index (χ1v) is 6.98. The van der Waals surface area contributed by atoms with Gasteiger partial charge in [0.15, 0.2) is 0 Å². The Morgan fingerprint density at radius 1 is 1.14 bits per heavy atom. The van der Waals surface area contributed by atoms with Crippen LogP contribution in [0.4, 0.5) is 4.39 Å². The minimum absolute atomic E-state index is 0.239. The molecule has 0 amide bonds. The van der Waals surface area contributed by atoms with E-state index in [0.717, 1.165) is 23.3 Å². The van der Waals surface area contributed by atoms with E-state index in [1.165, 1.54) is 12.1 Å². The van der Waals surface area contributed by atoms with Gasteiger partial charge in [0.1, 0.15) is 18.2 Å². The number of hydrogen-bond donors (Lipinski definition) is 0. The van der Waals surface area contributed by atoms with Gasteiger partial charge in [0.25, 0.3) is 0 Å². The van der Waals surface area contributed by atoms with E-state index in [-0.39, 0.29) is 5.82 Å². The molecule has 0 bridgehead atoms. The molecule has 0 saturated heterocycles. The number of rotatable bonds is 5. The highest BCUT2D eigenvalue weighted by atomic mass is 19.1. The predicted octanol–water partition coefficient (Wildman–Crippen LogP) is 4.47. The molecule has 0 saturated carbocycles. The standard InChI is InChI=1S/C18H18FNO/c1-13(2)9-16-10-17(19)7-8-18(16)21-12-15-5-3-14(11-20)4-6-15/h3-8,10,13H,9,12H2,1-2H3. The molecule has 3 heteroatoms. The number of nitrogens with zero attached hydrogens (tertiary/aromatic N) is 1. The summed E-state index contributed by atoms with van der Waals surface area (Å²) in [6, 6.07) is 14.0.